The van der Waals surface area contributed by atoms with Gasteiger partial charge in [-0.2, -0.15) is 4.98 Å². The fraction of sp³-hybridized carbons (Fsp3) is 0.250. The van der Waals surface area contributed by atoms with Crippen molar-refractivity contribution < 1.29 is 4.79 Å². The van der Waals surface area contributed by atoms with Gasteiger partial charge in [0.25, 0.3) is 0 Å². The molecule has 8 heteroatoms. The molecule has 0 saturated heterocycles. The summed E-state index contributed by atoms with van der Waals surface area (Å²) in [7, 11) is 0. The maximum atomic E-state index is 12.8. The number of carbonyl (C=O) groups excluding carboxylic acids is 1. The van der Waals surface area contributed by atoms with Crippen molar-refractivity contribution in [2.75, 3.05) is 5.32 Å². The number of carbonyl (C=O) groups is 1. The first kappa shape index (κ1) is 17.1. The molecule has 7 nitrogen and oxygen atoms in total. The van der Waals surface area contributed by atoms with Crippen LogP contribution in [0.3, 0.4) is 0 Å². The summed E-state index contributed by atoms with van der Waals surface area (Å²) in [6.45, 7) is 0. The van der Waals surface area contributed by atoms with Gasteiger partial charge < -0.3 is 5.32 Å². The molecule has 140 valence electrons. The van der Waals surface area contributed by atoms with E-state index in [0.717, 1.165) is 35.4 Å². The summed E-state index contributed by atoms with van der Waals surface area (Å²) in [5.74, 6) is 1.55. The Bertz CT molecular complexity index is 1050. The van der Waals surface area contributed by atoms with Crippen molar-refractivity contribution in [1.82, 2.24) is 24.7 Å². The second kappa shape index (κ2) is 7.20. The van der Waals surface area contributed by atoms with Crippen LogP contribution in [0.1, 0.15) is 36.6 Å². The van der Waals surface area contributed by atoms with Gasteiger partial charge in [0.1, 0.15) is 6.04 Å². The molecule has 4 heterocycles. The lowest BCUT2D eigenvalue weighted by atomic mass is 9.86. The molecule has 0 spiro atoms. The number of ketones is 1. The first-order chi connectivity index (χ1) is 13.8. The number of aromatic nitrogens is 5. The zero-order valence-electron chi connectivity index (χ0n) is 15.1. The number of Topliss-reactive ketones (excluding diaryl/α,β-unsaturated/α-hetero) is 1. The zero-order valence-corrected chi connectivity index (χ0v) is 15.9. The van der Waals surface area contributed by atoms with Gasteiger partial charge in [-0.1, -0.05) is 17.8 Å². The van der Waals surface area contributed by atoms with Gasteiger partial charge >= 0.3 is 0 Å². The highest BCUT2D eigenvalue weighted by molar-refractivity contribution is 7.98. The van der Waals surface area contributed by atoms with Gasteiger partial charge in [-0.15, -0.1) is 5.10 Å². The molecule has 0 saturated carbocycles. The van der Waals surface area contributed by atoms with Gasteiger partial charge in [-0.25, -0.2) is 4.68 Å². The summed E-state index contributed by atoms with van der Waals surface area (Å²) >= 11 is 1.54. The molecule has 0 amide bonds. The molecule has 0 aromatic carbocycles. The summed E-state index contributed by atoms with van der Waals surface area (Å²) in [6, 6.07) is 9.47. The number of hydrogen-bond acceptors (Lipinski definition) is 7. The number of thioether (sulfide) groups is 1. The first-order valence-corrected chi connectivity index (χ1v) is 10.2. The lowest BCUT2D eigenvalue weighted by Crippen LogP contribution is -2.31. The third-order valence-corrected chi connectivity index (χ3v) is 5.82. The minimum atomic E-state index is -0.265. The van der Waals surface area contributed by atoms with Crippen LogP contribution in [0.2, 0.25) is 0 Å². The Morgan fingerprint density at radius 3 is 2.86 bits per heavy atom. The van der Waals surface area contributed by atoms with Crippen molar-refractivity contribution in [3.8, 4) is 0 Å². The minimum absolute atomic E-state index is 0.180. The van der Waals surface area contributed by atoms with Crippen molar-refractivity contribution in [2.24, 2.45) is 0 Å². The molecule has 0 bridgehead atoms. The van der Waals surface area contributed by atoms with E-state index in [9.17, 15) is 4.79 Å². The normalized spacial score (nSPS) is 18.4. The standard InChI is InChI=1S/C20H18N6OS/c27-16-6-3-5-15-17(16)18(13-7-10-21-11-8-13)26-19(23-15)24-20(25-26)28-12-14-4-1-2-9-22-14/h1-2,4,7-11,18H,3,5-6,12H2,(H,23,24,25)/t18-/m1/s1. The molecule has 0 fully saturated rings. The van der Waals surface area contributed by atoms with E-state index in [0.29, 0.717) is 23.3 Å². The van der Waals surface area contributed by atoms with Crippen molar-refractivity contribution in [3.05, 3.63) is 71.4 Å². The summed E-state index contributed by atoms with van der Waals surface area (Å²) in [5.41, 5.74) is 3.74. The lowest BCUT2D eigenvalue weighted by molar-refractivity contribution is -0.116. The van der Waals surface area contributed by atoms with Crippen LogP contribution in [0.15, 0.2) is 65.3 Å². The largest absolute Gasteiger partial charge is 0.328 e. The highest BCUT2D eigenvalue weighted by Crippen LogP contribution is 2.40. The van der Waals surface area contributed by atoms with E-state index in [1.165, 1.54) is 11.8 Å². The van der Waals surface area contributed by atoms with E-state index < -0.39 is 0 Å². The molecular formula is C20H18N6OS. The van der Waals surface area contributed by atoms with E-state index in [4.69, 9.17) is 5.10 Å². The number of rotatable bonds is 4. The lowest BCUT2D eigenvalue weighted by Gasteiger charge is -2.32. The summed E-state index contributed by atoms with van der Waals surface area (Å²) in [6.07, 6.45) is 7.57. The Morgan fingerprint density at radius 1 is 1.14 bits per heavy atom. The van der Waals surface area contributed by atoms with Gasteiger partial charge in [0.05, 0.1) is 5.69 Å². The molecule has 1 aliphatic heterocycles. The monoisotopic (exact) mass is 390 g/mol. The third kappa shape index (κ3) is 3.09. The minimum Gasteiger partial charge on any atom is -0.328 e. The highest BCUT2D eigenvalue weighted by Gasteiger charge is 2.36. The molecule has 5 rings (SSSR count). The fourth-order valence-electron chi connectivity index (χ4n) is 3.67. The number of nitrogens with one attached hydrogen (secondary N) is 1. The van der Waals surface area contributed by atoms with Crippen LogP contribution in [0.25, 0.3) is 0 Å². The van der Waals surface area contributed by atoms with E-state index in [-0.39, 0.29) is 11.8 Å². The second-order valence-corrected chi connectivity index (χ2v) is 7.69. The maximum Gasteiger partial charge on any atom is 0.227 e. The van der Waals surface area contributed by atoms with E-state index in [1.54, 1.807) is 18.6 Å². The Kier molecular flexibility index (Phi) is 4.40. The van der Waals surface area contributed by atoms with Crippen LogP contribution < -0.4 is 5.32 Å². The highest BCUT2D eigenvalue weighted by atomic mass is 32.2. The summed E-state index contributed by atoms with van der Waals surface area (Å²) in [5, 5.41) is 8.74. The van der Waals surface area contributed by atoms with E-state index >= 15 is 0 Å². The van der Waals surface area contributed by atoms with Crippen LogP contribution in [0.5, 0.6) is 0 Å². The number of anilines is 1. The molecule has 3 aromatic rings. The molecule has 1 N–H and O–H groups in total. The molecule has 0 unspecified atom stereocenters. The second-order valence-electron chi connectivity index (χ2n) is 6.75. The van der Waals surface area contributed by atoms with Gasteiger partial charge in [0, 0.05) is 42.0 Å². The number of pyridine rings is 2. The van der Waals surface area contributed by atoms with Gasteiger partial charge in [-0.05, 0) is 42.7 Å². The first-order valence-electron chi connectivity index (χ1n) is 9.22. The average Bonchev–Trinajstić information content (AvgIpc) is 3.15. The number of allylic oxidation sites excluding steroid dienone is 2. The van der Waals surface area contributed by atoms with Crippen LogP contribution >= 0.6 is 11.8 Å². The van der Waals surface area contributed by atoms with E-state index in [2.05, 4.69) is 20.3 Å². The Hall–Kier alpha value is -3.00. The number of nitrogens with zero attached hydrogens (tertiary/aromatic N) is 5. The van der Waals surface area contributed by atoms with Crippen molar-refractivity contribution in [1.29, 1.82) is 0 Å². The fourth-order valence-corrected chi connectivity index (χ4v) is 4.42. The Morgan fingerprint density at radius 2 is 2.04 bits per heavy atom. The smallest absolute Gasteiger partial charge is 0.227 e. The van der Waals surface area contributed by atoms with Crippen molar-refractivity contribution >= 4 is 23.5 Å². The van der Waals surface area contributed by atoms with Crippen LogP contribution in [-0.4, -0.2) is 30.5 Å². The number of hydrogen-bond donors (Lipinski definition) is 1. The molecular weight excluding hydrogens is 372 g/mol. The zero-order chi connectivity index (χ0) is 18.9. The van der Waals surface area contributed by atoms with Crippen molar-refractivity contribution in [3.63, 3.8) is 0 Å². The molecule has 28 heavy (non-hydrogen) atoms. The average molecular weight is 390 g/mol. The predicted molar refractivity (Wildman–Crippen MR) is 106 cm³/mol. The third-order valence-electron chi connectivity index (χ3n) is 4.95. The molecule has 1 aliphatic carbocycles. The Labute approximate surface area is 166 Å². The number of fused-ring (bicyclic) bond motifs is 1. The van der Waals surface area contributed by atoms with E-state index in [1.807, 2.05) is 35.0 Å². The molecule has 3 aromatic heterocycles. The van der Waals surface area contributed by atoms with Gasteiger partial charge in [-0.3, -0.25) is 14.8 Å². The summed E-state index contributed by atoms with van der Waals surface area (Å²) < 4.78 is 1.83. The molecule has 1 atom stereocenters. The van der Waals surface area contributed by atoms with Gasteiger partial charge in [0.2, 0.25) is 11.1 Å². The van der Waals surface area contributed by atoms with Crippen molar-refractivity contribution in [2.45, 2.75) is 36.2 Å². The SMILES string of the molecule is O=C1CCCC2=C1[C@@H](c1ccncc1)n1nc(SCc3ccccn3)nc1N2. The molecule has 0 radical (unpaired) electrons. The summed E-state index contributed by atoms with van der Waals surface area (Å²) in [4.78, 5) is 25.9. The molecule has 2 aliphatic rings. The van der Waals surface area contributed by atoms with Gasteiger partial charge in [0.15, 0.2) is 5.78 Å². The quantitative estimate of drug-likeness (QED) is 0.684. The predicted octanol–water partition coefficient (Wildman–Crippen LogP) is 3.38. The van der Waals surface area contributed by atoms with Crippen LogP contribution in [-0.2, 0) is 10.5 Å². The topological polar surface area (TPSA) is 85.6 Å². The van der Waals surface area contributed by atoms with Crippen LogP contribution in [0, 0.1) is 0 Å². The van der Waals surface area contributed by atoms with Crippen LogP contribution in [0.4, 0.5) is 5.95 Å². The maximum absolute atomic E-state index is 12.8. The Balaban J connectivity index is 1.51.